The van der Waals surface area contributed by atoms with Gasteiger partial charge in [0.15, 0.2) is 0 Å². The van der Waals surface area contributed by atoms with Crippen molar-refractivity contribution in [1.82, 2.24) is 5.32 Å². The minimum Gasteiger partial charge on any atom is -0.466 e. The van der Waals surface area contributed by atoms with E-state index in [1.807, 2.05) is 0 Å². The molecular weight excluding hydrogens is 142 g/mol. The number of carbonyl (C=O) groups is 1. The third-order valence-corrected chi connectivity index (χ3v) is 1.93. The molecule has 64 valence electrons. The normalized spacial score (nSPS) is 23.5. The fraction of sp³-hybridized carbons (Fsp3) is 0.875. The van der Waals surface area contributed by atoms with Crippen molar-refractivity contribution in [3.8, 4) is 0 Å². The van der Waals surface area contributed by atoms with Crippen LogP contribution in [0.4, 0.5) is 0 Å². The molecule has 0 aliphatic carbocycles. The molecule has 0 aromatic rings. The number of rotatable bonds is 3. The Morgan fingerprint density at radius 3 is 3.09 bits per heavy atom. The molecule has 0 spiro atoms. The predicted molar refractivity (Wildman–Crippen MR) is 42.3 cm³/mol. The quantitative estimate of drug-likeness (QED) is 0.612. The molecule has 11 heavy (non-hydrogen) atoms. The summed E-state index contributed by atoms with van der Waals surface area (Å²) in [5, 5.41) is 3.34. The van der Waals surface area contributed by atoms with E-state index in [-0.39, 0.29) is 5.97 Å². The summed E-state index contributed by atoms with van der Waals surface area (Å²) in [7, 11) is 0. The summed E-state index contributed by atoms with van der Waals surface area (Å²) in [5.41, 5.74) is 0. The number of nitrogens with one attached hydrogen (secondary N) is 1. The van der Waals surface area contributed by atoms with Crippen molar-refractivity contribution in [3.05, 3.63) is 0 Å². The molecular formula is C8H15NO2. The number of esters is 1. The molecule has 3 heteroatoms. The predicted octanol–water partition coefficient (Wildman–Crippen LogP) is 0.692. The first-order valence-corrected chi connectivity index (χ1v) is 4.16. The summed E-state index contributed by atoms with van der Waals surface area (Å²) >= 11 is 0. The van der Waals surface area contributed by atoms with Gasteiger partial charge < -0.3 is 10.1 Å². The van der Waals surface area contributed by atoms with E-state index in [0.29, 0.717) is 12.6 Å². The highest BCUT2D eigenvalue weighted by atomic mass is 16.5. The van der Waals surface area contributed by atoms with Crippen molar-refractivity contribution in [3.63, 3.8) is 0 Å². The SMILES string of the molecule is CC(=O)OCCC1CCCN1. The molecule has 1 heterocycles. The van der Waals surface area contributed by atoms with Gasteiger partial charge in [0.2, 0.25) is 0 Å². The maximum Gasteiger partial charge on any atom is 0.302 e. The first-order valence-electron chi connectivity index (χ1n) is 4.16. The molecule has 1 saturated heterocycles. The number of ether oxygens (including phenoxy) is 1. The first kappa shape index (κ1) is 8.53. The highest BCUT2D eigenvalue weighted by Gasteiger charge is 2.13. The lowest BCUT2D eigenvalue weighted by Gasteiger charge is -2.08. The van der Waals surface area contributed by atoms with Gasteiger partial charge in [0.1, 0.15) is 0 Å². The fourth-order valence-electron chi connectivity index (χ4n) is 1.35. The average Bonchev–Trinajstić information content (AvgIpc) is 2.39. The molecule has 0 aromatic heterocycles. The largest absolute Gasteiger partial charge is 0.466 e. The molecule has 1 unspecified atom stereocenters. The van der Waals surface area contributed by atoms with Gasteiger partial charge in [-0.2, -0.15) is 0 Å². The first-order chi connectivity index (χ1) is 5.29. The minimum atomic E-state index is -0.178. The molecule has 0 radical (unpaired) electrons. The average molecular weight is 157 g/mol. The van der Waals surface area contributed by atoms with E-state index in [4.69, 9.17) is 4.74 Å². The Kier molecular flexibility index (Phi) is 3.36. The Bertz CT molecular complexity index is 130. The zero-order valence-electron chi connectivity index (χ0n) is 6.93. The van der Waals surface area contributed by atoms with Crippen LogP contribution in [-0.4, -0.2) is 25.2 Å². The van der Waals surface area contributed by atoms with Gasteiger partial charge >= 0.3 is 5.97 Å². The lowest BCUT2D eigenvalue weighted by atomic mass is 10.2. The smallest absolute Gasteiger partial charge is 0.302 e. The number of carbonyl (C=O) groups excluding carboxylic acids is 1. The van der Waals surface area contributed by atoms with Crippen molar-refractivity contribution in [2.45, 2.75) is 32.2 Å². The highest BCUT2D eigenvalue weighted by Crippen LogP contribution is 2.08. The third-order valence-electron chi connectivity index (χ3n) is 1.93. The van der Waals surface area contributed by atoms with Crippen LogP contribution in [0.3, 0.4) is 0 Å². The molecule has 1 aliphatic heterocycles. The topological polar surface area (TPSA) is 38.3 Å². The van der Waals surface area contributed by atoms with Gasteiger partial charge in [-0.25, -0.2) is 0 Å². The molecule has 0 saturated carbocycles. The van der Waals surface area contributed by atoms with Gasteiger partial charge in [-0.3, -0.25) is 4.79 Å². The number of hydrogen-bond donors (Lipinski definition) is 1. The van der Waals surface area contributed by atoms with E-state index >= 15 is 0 Å². The molecule has 0 amide bonds. The lowest BCUT2D eigenvalue weighted by Crippen LogP contribution is -2.23. The van der Waals surface area contributed by atoms with E-state index in [0.717, 1.165) is 13.0 Å². The van der Waals surface area contributed by atoms with E-state index in [2.05, 4.69) is 5.32 Å². The summed E-state index contributed by atoms with van der Waals surface area (Å²) in [4.78, 5) is 10.4. The molecule has 0 aromatic carbocycles. The Hall–Kier alpha value is -0.570. The zero-order chi connectivity index (χ0) is 8.10. The fourth-order valence-corrected chi connectivity index (χ4v) is 1.35. The zero-order valence-corrected chi connectivity index (χ0v) is 6.93. The van der Waals surface area contributed by atoms with Crippen molar-refractivity contribution < 1.29 is 9.53 Å². The van der Waals surface area contributed by atoms with E-state index < -0.39 is 0 Å². The Morgan fingerprint density at radius 2 is 2.55 bits per heavy atom. The molecule has 1 N–H and O–H groups in total. The standard InChI is InChI=1S/C8H15NO2/c1-7(10)11-6-4-8-3-2-5-9-8/h8-9H,2-6H2,1H3. The lowest BCUT2D eigenvalue weighted by molar-refractivity contribution is -0.141. The van der Waals surface area contributed by atoms with Gasteiger partial charge in [0.05, 0.1) is 6.61 Å². The number of hydrogen-bond acceptors (Lipinski definition) is 3. The van der Waals surface area contributed by atoms with Crippen LogP contribution >= 0.6 is 0 Å². The molecule has 0 bridgehead atoms. The second-order valence-corrected chi connectivity index (χ2v) is 2.92. The summed E-state index contributed by atoms with van der Waals surface area (Å²) < 4.78 is 4.82. The van der Waals surface area contributed by atoms with Crippen LogP contribution in [0, 0.1) is 0 Å². The third kappa shape index (κ3) is 3.37. The minimum absolute atomic E-state index is 0.178. The highest BCUT2D eigenvalue weighted by molar-refractivity contribution is 5.65. The second-order valence-electron chi connectivity index (χ2n) is 2.92. The van der Waals surface area contributed by atoms with Crippen LogP contribution in [0.25, 0.3) is 0 Å². The van der Waals surface area contributed by atoms with Gasteiger partial charge in [0, 0.05) is 13.0 Å². The Morgan fingerprint density at radius 1 is 1.73 bits per heavy atom. The monoisotopic (exact) mass is 157 g/mol. The van der Waals surface area contributed by atoms with Crippen LogP contribution in [0.2, 0.25) is 0 Å². The van der Waals surface area contributed by atoms with Gasteiger partial charge in [0.25, 0.3) is 0 Å². The summed E-state index contributed by atoms with van der Waals surface area (Å²) in [6.45, 7) is 3.12. The van der Waals surface area contributed by atoms with Crippen LogP contribution in [0.15, 0.2) is 0 Å². The molecule has 3 nitrogen and oxygen atoms in total. The van der Waals surface area contributed by atoms with Crippen molar-refractivity contribution in [2.75, 3.05) is 13.2 Å². The summed E-state index contributed by atoms with van der Waals surface area (Å²) in [6.07, 6.45) is 3.44. The van der Waals surface area contributed by atoms with Gasteiger partial charge in [-0.15, -0.1) is 0 Å². The van der Waals surface area contributed by atoms with Gasteiger partial charge in [-0.05, 0) is 25.8 Å². The van der Waals surface area contributed by atoms with Crippen molar-refractivity contribution in [2.24, 2.45) is 0 Å². The molecule has 1 rings (SSSR count). The van der Waals surface area contributed by atoms with Crippen LogP contribution in [0.1, 0.15) is 26.2 Å². The molecule has 1 fully saturated rings. The summed E-state index contributed by atoms with van der Waals surface area (Å²) in [5.74, 6) is -0.178. The van der Waals surface area contributed by atoms with E-state index in [1.165, 1.54) is 19.8 Å². The van der Waals surface area contributed by atoms with Crippen LogP contribution in [-0.2, 0) is 9.53 Å². The summed E-state index contributed by atoms with van der Waals surface area (Å²) in [6, 6.07) is 0.578. The molecule has 1 aliphatic rings. The van der Waals surface area contributed by atoms with E-state index in [1.54, 1.807) is 0 Å². The molecule has 1 atom stereocenters. The van der Waals surface area contributed by atoms with E-state index in [9.17, 15) is 4.79 Å². The van der Waals surface area contributed by atoms with Crippen LogP contribution < -0.4 is 5.32 Å². The van der Waals surface area contributed by atoms with Crippen molar-refractivity contribution in [1.29, 1.82) is 0 Å². The maximum absolute atomic E-state index is 10.4. The maximum atomic E-state index is 10.4. The van der Waals surface area contributed by atoms with Crippen molar-refractivity contribution >= 4 is 5.97 Å². The van der Waals surface area contributed by atoms with Crippen LogP contribution in [0.5, 0.6) is 0 Å². The van der Waals surface area contributed by atoms with Gasteiger partial charge in [-0.1, -0.05) is 0 Å². The second kappa shape index (κ2) is 4.34. The Labute approximate surface area is 67.1 Å². The Balaban J connectivity index is 1.98.